The molecule has 0 unspecified atom stereocenters. The zero-order valence-corrected chi connectivity index (χ0v) is 19.9. The summed E-state index contributed by atoms with van der Waals surface area (Å²) < 4.78 is 32.6. The fourth-order valence-corrected chi connectivity index (χ4v) is 5.17. The van der Waals surface area contributed by atoms with Crippen LogP contribution in [0.4, 0.5) is 17.1 Å². The molecule has 1 aliphatic heterocycles. The number of nitrogens with zero attached hydrogens (tertiary/aromatic N) is 2. The van der Waals surface area contributed by atoms with E-state index in [-0.39, 0.29) is 16.7 Å². The number of rotatable bonds is 6. The number of amides is 2. The number of sulfonamides is 1. The molecule has 8 nitrogen and oxygen atoms in total. The lowest BCUT2D eigenvalue weighted by atomic mass is 10.1. The molecule has 0 spiro atoms. The van der Waals surface area contributed by atoms with Crippen molar-refractivity contribution in [3.8, 4) is 5.75 Å². The van der Waals surface area contributed by atoms with Crippen molar-refractivity contribution in [3.63, 3.8) is 0 Å². The van der Waals surface area contributed by atoms with Crippen LogP contribution < -0.4 is 19.3 Å². The zero-order chi connectivity index (χ0) is 24.5. The quantitative estimate of drug-likeness (QED) is 0.582. The minimum absolute atomic E-state index is 0.0121. The van der Waals surface area contributed by atoms with Crippen molar-refractivity contribution in [2.24, 2.45) is 0 Å². The van der Waals surface area contributed by atoms with Crippen LogP contribution in [0, 0.1) is 0 Å². The lowest BCUT2D eigenvalue weighted by Gasteiger charge is -2.21. The van der Waals surface area contributed by atoms with E-state index in [1.807, 2.05) is 12.1 Å². The summed E-state index contributed by atoms with van der Waals surface area (Å²) in [4.78, 5) is 26.2. The van der Waals surface area contributed by atoms with Crippen LogP contribution in [-0.2, 0) is 21.2 Å². The van der Waals surface area contributed by atoms with E-state index < -0.39 is 10.0 Å². The molecule has 4 rings (SSSR count). The van der Waals surface area contributed by atoms with Gasteiger partial charge in [-0.3, -0.25) is 13.9 Å². The van der Waals surface area contributed by atoms with E-state index in [4.69, 9.17) is 4.74 Å². The van der Waals surface area contributed by atoms with Gasteiger partial charge in [0.2, 0.25) is 5.91 Å². The summed E-state index contributed by atoms with van der Waals surface area (Å²) in [6, 6.07) is 18.0. The summed E-state index contributed by atoms with van der Waals surface area (Å²) in [5, 5.41) is 2.84. The van der Waals surface area contributed by atoms with Gasteiger partial charge >= 0.3 is 0 Å². The van der Waals surface area contributed by atoms with Crippen molar-refractivity contribution < 1.29 is 22.7 Å². The summed E-state index contributed by atoms with van der Waals surface area (Å²) in [6.07, 6.45) is 0.727. The van der Waals surface area contributed by atoms with Gasteiger partial charge in [0.05, 0.1) is 17.7 Å². The van der Waals surface area contributed by atoms with Gasteiger partial charge in [-0.15, -0.1) is 0 Å². The fourth-order valence-electron chi connectivity index (χ4n) is 3.97. The molecule has 0 saturated heterocycles. The summed E-state index contributed by atoms with van der Waals surface area (Å²) in [5.41, 5.74) is 3.20. The second-order valence-electron chi connectivity index (χ2n) is 7.89. The smallest absolute Gasteiger partial charge is 0.264 e. The molecular weight excluding hydrogens is 454 g/mol. The second kappa shape index (κ2) is 9.18. The molecule has 34 heavy (non-hydrogen) atoms. The number of anilines is 3. The number of carbonyl (C=O) groups is 2. The Labute approximate surface area is 198 Å². The Kier molecular flexibility index (Phi) is 6.30. The first-order chi connectivity index (χ1) is 16.2. The molecule has 9 heteroatoms. The van der Waals surface area contributed by atoms with Crippen LogP contribution in [0.5, 0.6) is 5.75 Å². The number of nitrogens with one attached hydrogen (secondary N) is 1. The predicted molar refractivity (Wildman–Crippen MR) is 131 cm³/mol. The van der Waals surface area contributed by atoms with Crippen molar-refractivity contribution >= 4 is 38.9 Å². The number of ether oxygens (including phenoxy) is 1. The van der Waals surface area contributed by atoms with Crippen LogP contribution >= 0.6 is 0 Å². The van der Waals surface area contributed by atoms with Crippen molar-refractivity contribution in [2.75, 3.05) is 35.2 Å². The van der Waals surface area contributed by atoms with Gasteiger partial charge in [0.1, 0.15) is 5.75 Å². The van der Waals surface area contributed by atoms with E-state index in [1.54, 1.807) is 35.2 Å². The summed E-state index contributed by atoms with van der Waals surface area (Å²) in [6.45, 7) is 2.16. The maximum atomic E-state index is 13.1. The van der Waals surface area contributed by atoms with Crippen molar-refractivity contribution in [1.82, 2.24) is 0 Å². The van der Waals surface area contributed by atoms with E-state index in [1.165, 1.54) is 45.3 Å². The summed E-state index contributed by atoms with van der Waals surface area (Å²) in [5.74, 6) is 0.0654. The monoisotopic (exact) mass is 479 g/mol. The van der Waals surface area contributed by atoms with Crippen molar-refractivity contribution in [2.45, 2.75) is 18.2 Å². The van der Waals surface area contributed by atoms with Gasteiger partial charge < -0.3 is 15.0 Å². The number of fused-ring (bicyclic) bond motifs is 1. The highest BCUT2D eigenvalue weighted by atomic mass is 32.2. The molecule has 1 heterocycles. The number of methoxy groups -OCH3 is 1. The maximum absolute atomic E-state index is 13.1. The van der Waals surface area contributed by atoms with E-state index in [2.05, 4.69) is 5.32 Å². The minimum atomic E-state index is -3.86. The molecule has 176 valence electrons. The van der Waals surface area contributed by atoms with E-state index >= 15 is 0 Å². The normalized spacial score (nSPS) is 12.7. The third-order valence-electron chi connectivity index (χ3n) is 5.81. The lowest BCUT2D eigenvalue weighted by molar-refractivity contribution is -0.116. The SMILES string of the molecule is COc1ccccc1N(C)S(=O)(=O)c1ccc(C(=O)Nc2ccc3c(c2)CCN3C(C)=O)cc1. The molecule has 3 aromatic rings. The van der Waals surface area contributed by atoms with Crippen LogP contribution in [0.1, 0.15) is 22.8 Å². The van der Waals surface area contributed by atoms with E-state index in [0.717, 1.165) is 22.0 Å². The van der Waals surface area contributed by atoms with Crippen LogP contribution in [0.2, 0.25) is 0 Å². The van der Waals surface area contributed by atoms with Crippen molar-refractivity contribution in [3.05, 3.63) is 77.9 Å². The molecule has 0 atom stereocenters. The van der Waals surface area contributed by atoms with Gasteiger partial charge in [0, 0.05) is 37.5 Å². The van der Waals surface area contributed by atoms with Gasteiger partial charge in [-0.05, 0) is 66.6 Å². The Balaban J connectivity index is 1.50. The Morgan fingerprint density at radius 2 is 1.74 bits per heavy atom. The number of carbonyl (C=O) groups excluding carboxylic acids is 2. The Bertz CT molecular complexity index is 1350. The molecule has 0 aliphatic carbocycles. The van der Waals surface area contributed by atoms with Crippen molar-refractivity contribution in [1.29, 1.82) is 0 Å². The van der Waals surface area contributed by atoms with Crippen LogP contribution in [0.25, 0.3) is 0 Å². The average Bonchev–Trinajstić information content (AvgIpc) is 3.27. The molecular formula is C25H25N3O5S. The number of benzene rings is 3. The maximum Gasteiger partial charge on any atom is 0.264 e. The molecule has 0 bridgehead atoms. The highest BCUT2D eigenvalue weighted by molar-refractivity contribution is 7.92. The fraction of sp³-hybridized carbons (Fsp3) is 0.200. The van der Waals surface area contributed by atoms with E-state index in [9.17, 15) is 18.0 Å². The first kappa shape index (κ1) is 23.3. The predicted octanol–water partition coefficient (Wildman–Crippen LogP) is 3.68. The lowest BCUT2D eigenvalue weighted by Crippen LogP contribution is -2.27. The Hall–Kier alpha value is -3.85. The molecule has 0 radical (unpaired) electrons. The summed E-state index contributed by atoms with van der Waals surface area (Å²) >= 11 is 0. The number of para-hydroxylation sites is 2. The molecule has 0 aromatic heterocycles. The van der Waals surface area contributed by atoms with Gasteiger partial charge in [0.25, 0.3) is 15.9 Å². The standard InChI is InChI=1S/C25H25N3O5S/c1-17(29)28-15-14-19-16-20(10-13-22(19)28)26-25(30)18-8-11-21(12-9-18)34(31,32)27(2)23-6-4-5-7-24(23)33-3/h4-13,16H,14-15H2,1-3H3,(H,26,30). The molecule has 1 aliphatic rings. The zero-order valence-electron chi connectivity index (χ0n) is 19.1. The van der Waals surface area contributed by atoms with Crippen LogP contribution in [0.15, 0.2) is 71.6 Å². The second-order valence-corrected chi connectivity index (χ2v) is 9.86. The van der Waals surface area contributed by atoms with Gasteiger partial charge in [0.15, 0.2) is 0 Å². The molecule has 0 saturated carbocycles. The first-order valence-corrected chi connectivity index (χ1v) is 12.1. The Morgan fingerprint density at radius 3 is 2.41 bits per heavy atom. The highest BCUT2D eigenvalue weighted by Crippen LogP contribution is 2.32. The number of hydrogen-bond acceptors (Lipinski definition) is 5. The minimum Gasteiger partial charge on any atom is -0.495 e. The molecule has 3 aromatic carbocycles. The first-order valence-electron chi connectivity index (χ1n) is 10.7. The molecule has 1 N–H and O–H groups in total. The third-order valence-corrected chi connectivity index (χ3v) is 7.60. The van der Waals surface area contributed by atoms with Crippen LogP contribution in [-0.4, -0.2) is 40.9 Å². The van der Waals surface area contributed by atoms with Gasteiger partial charge in [-0.2, -0.15) is 0 Å². The Morgan fingerprint density at radius 1 is 1.03 bits per heavy atom. The largest absolute Gasteiger partial charge is 0.495 e. The van der Waals surface area contributed by atoms with E-state index in [0.29, 0.717) is 29.2 Å². The molecule has 0 fully saturated rings. The highest BCUT2D eigenvalue weighted by Gasteiger charge is 2.25. The average molecular weight is 480 g/mol. The van der Waals surface area contributed by atoms with Gasteiger partial charge in [-0.25, -0.2) is 8.42 Å². The topological polar surface area (TPSA) is 96.0 Å². The third kappa shape index (κ3) is 4.34. The summed E-state index contributed by atoms with van der Waals surface area (Å²) in [7, 11) is -0.923. The van der Waals surface area contributed by atoms with Gasteiger partial charge in [-0.1, -0.05) is 12.1 Å². The van der Waals surface area contributed by atoms with Crippen LogP contribution in [0.3, 0.4) is 0 Å². The molecule has 2 amide bonds. The number of hydrogen-bond donors (Lipinski definition) is 1.